The molecule has 154 valence electrons. The molecule has 0 radical (unpaired) electrons. The van der Waals surface area contributed by atoms with Crippen LogP contribution in [0.5, 0.6) is 0 Å². The summed E-state index contributed by atoms with van der Waals surface area (Å²) in [5.74, 6) is 2.01. The summed E-state index contributed by atoms with van der Waals surface area (Å²) in [7, 11) is 0. The molecule has 1 saturated heterocycles. The molecule has 4 rings (SSSR count). The molecule has 3 heterocycles. The molecule has 2 aliphatic heterocycles. The lowest BCUT2D eigenvalue weighted by molar-refractivity contribution is -0.116. The average molecular weight is 425 g/mol. The first-order valence-electron chi connectivity index (χ1n) is 9.95. The van der Waals surface area contributed by atoms with E-state index in [1.54, 1.807) is 0 Å². The lowest BCUT2D eigenvalue weighted by Crippen LogP contribution is -2.28. The van der Waals surface area contributed by atoms with Crippen molar-refractivity contribution >= 4 is 36.4 Å². The minimum atomic E-state index is 0. The summed E-state index contributed by atoms with van der Waals surface area (Å²) in [6.07, 6.45) is 9.69. The summed E-state index contributed by atoms with van der Waals surface area (Å²) in [5, 5.41) is 6.40. The van der Waals surface area contributed by atoms with Gasteiger partial charge in [-0.05, 0) is 63.2 Å². The number of rotatable bonds is 5. The molecular formula is C21H30Cl2N4O. The van der Waals surface area contributed by atoms with Crippen molar-refractivity contribution in [2.75, 3.05) is 18.4 Å². The zero-order valence-electron chi connectivity index (χ0n) is 16.2. The number of nitrogens with one attached hydrogen (secondary N) is 2. The first-order valence-corrected chi connectivity index (χ1v) is 9.95. The van der Waals surface area contributed by atoms with E-state index in [9.17, 15) is 4.79 Å². The third kappa shape index (κ3) is 5.72. The molecule has 28 heavy (non-hydrogen) atoms. The number of hydrogen-bond acceptors (Lipinski definition) is 3. The predicted molar refractivity (Wildman–Crippen MR) is 119 cm³/mol. The number of fused-ring (bicyclic) bond motifs is 1. The zero-order valence-corrected chi connectivity index (χ0v) is 17.8. The maximum Gasteiger partial charge on any atom is 0.224 e. The van der Waals surface area contributed by atoms with Crippen molar-refractivity contribution in [3.8, 4) is 11.3 Å². The summed E-state index contributed by atoms with van der Waals surface area (Å²) >= 11 is 0. The summed E-state index contributed by atoms with van der Waals surface area (Å²) in [6.45, 7) is 3.25. The maximum atomic E-state index is 12.2. The molecule has 0 bridgehead atoms. The minimum absolute atomic E-state index is 0. The third-order valence-electron chi connectivity index (χ3n) is 5.61. The molecule has 0 unspecified atom stereocenters. The van der Waals surface area contributed by atoms with Crippen LogP contribution in [0, 0.1) is 5.92 Å². The molecule has 1 aromatic carbocycles. The van der Waals surface area contributed by atoms with Crippen LogP contribution in [0.15, 0.2) is 30.5 Å². The lowest BCUT2D eigenvalue weighted by Gasteiger charge is -2.22. The molecule has 1 amide bonds. The average Bonchev–Trinajstić information content (AvgIpc) is 3.12. The quantitative estimate of drug-likeness (QED) is 0.744. The Morgan fingerprint density at radius 2 is 1.89 bits per heavy atom. The number of halogens is 2. The second-order valence-corrected chi connectivity index (χ2v) is 7.55. The fraction of sp³-hybridized carbons (Fsp3) is 0.524. The van der Waals surface area contributed by atoms with Crippen molar-refractivity contribution in [2.24, 2.45) is 5.92 Å². The molecule has 2 aromatic rings. The van der Waals surface area contributed by atoms with E-state index < -0.39 is 0 Å². The lowest BCUT2D eigenvalue weighted by atomic mass is 9.93. The molecule has 2 N–H and O–H groups in total. The number of carbonyl (C=O) groups is 1. The number of aromatic nitrogens is 2. The van der Waals surface area contributed by atoms with Gasteiger partial charge in [-0.1, -0.05) is 12.1 Å². The van der Waals surface area contributed by atoms with Crippen molar-refractivity contribution in [3.63, 3.8) is 0 Å². The number of amides is 1. The Balaban J connectivity index is 0.00000140. The Bertz CT molecular complexity index is 731. The highest BCUT2D eigenvalue weighted by molar-refractivity contribution is 5.90. The van der Waals surface area contributed by atoms with Crippen molar-refractivity contribution < 1.29 is 4.79 Å². The summed E-state index contributed by atoms with van der Waals surface area (Å²) in [5.41, 5.74) is 3.01. The Hall–Kier alpha value is -1.56. The van der Waals surface area contributed by atoms with E-state index in [1.165, 1.54) is 31.5 Å². The van der Waals surface area contributed by atoms with E-state index in [1.807, 2.05) is 12.1 Å². The normalized spacial score (nSPS) is 16.4. The first kappa shape index (κ1) is 22.7. The number of hydrogen-bond donors (Lipinski definition) is 2. The molecule has 5 nitrogen and oxygen atoms in total. The van der Waals surface area contributed by atoms with Gasteiger partial charge in [-0.15, -0.1) is 24.8 Å². The van der Waals surface area contributed by atoms with Crippen LogP contribution in [0.4, 0.5) is 5.69 Å². The van der Waals surface area contributed by atoms with Crippen LogP contribution >= 0.6 is 24.8 Å². The highest BCUT2D eigenvalue weighted by atomic mass is 35.5. The van der Waals surface area contributed by atoms with Gasteiger partial charge in [-0.2, -0.15) is 0 Å². The topological polar surface area (TPSA) is 59.0 Å². The number of imidazole rings is 1. The van der Waals surface area contributed by atoms with E-state index >= 15 is 0 Å². The van der Waals surface area contributed by atoms with Crippen LogP contribution in [0.2, 0.25) is 0 Å². The zero-order chi connectivity index (χ0) is 17.8. The van der Waals surface area contributed by atoms with Crippen molar-refractivity contribution in [1.82, 2.24) is 14.9 Å². The first-order chi connectivity index (χ1) is 12.8. The highest BCUT2D eigenvalue weighted by Gasteiger charge is 2.15. The number of piperidine rings is 1. The van der Waals surface area contributed by atoms with E-state index in [4.69, 9.17) is 4.98 Å². The number of anilines is 1. The smallest absolute Gasteiger partial charge is 0.224 e. The molecule has 1 fully saturated rings. The second-order valence-electron chi connectivity index (χ2n) is 7.55. The van der Waals surface area contributed by atoms with Crippen molar-refractivity contribution in [1.29, 1.82) is 0 Å². The van der Waals surface area contributed by atoms with Crippen LogP contribution in [0.3, 0.4) is 0 Å². The van der Waals surface area contributed by atoms with Gasteiger partial charge in [0.2, 0.25) is 5.91 Å². The molecule has 0 atom stereocenters. The van der Waals surface area contributed by atoms with Gasteiger partial charge in [0.25, 0.3) is 0 Å². The Labute approximate surface area is 179 Å². The largest absolute Gasteiger partial charge is 0.334 e. The van der Waals surface area contributed by atoms with Gasteiger partial charge >= 0.3 is 0 Å². The minimum Gasteiger partial charge on any atom is -0.334 e. The summed E-state index contributed by atoms with van der Waals surface area (Å²) in [4.78, 5) is 17.0. The second kappa shape index (κ2) is 10.8. The van der Waals surface area contributed by atoms with E-state index in [2.05, 4.69) is 33.5 Å². The molecule has 1 aromatic heterocycles. The summed E-state index contributed by atoms with van der Waals surface area (Å²) in [6, 6.07) is 8.07. The van der Waals surface area contributed by atoms with Crippen molar-refractivity contribution in [3.05, 3.63) is 36.3 Å². The van der Waals surface area contributed by atoms with Gasteiger partial charge in [-0.25, -0.2) is 4.98 Å². The Kier molecular flexibility index (Phi) is 8.80. The monoisotopic (exact) mass is 424 g/mol. The number of carbonyl (C=O) groups excluding carboxylic acids is 1. The number of benzene rings is 1. The van der Waals surface area contributed by atoms with Crippen LogP contribution < -0.4 is 10.6 Å². The van der Waals surface area contributed by atoms with Gasteiger partial charge in [0.1, 0.15) is 5.82 Å². The van der Waals surface area contributed by atoms with Crippen LogP contribution in [0.25, 0.3) is 11.3 Å². The standard InChI is InChI=1S/C21H28N4O.2ClH/c26-21(9-4-16-10-12-22-13-11-16)23-18-7-5-17(6-8-18)19-15-25-14-2-1-3-20(25)24-19;;/h5-8,15-16,22H,1-4,9-14H2,(H,23,26);2*1H. The maximum absolute atomic E-state index is 12.2. The molecule has 0 saturated carbocycles. The Morgan fingerprint density at radius 1 is 1.14 bits per heavy atom. The van der Waals surface area contributed by atoms with Crippen LogP contribution in [-0.4, -0.2) is 28.5 Å². The Morgan fingerprint density at radius 3 is 2.61 bits per heavy atom. The van der Waals surface area contributed by atoms with Crippen LogP contribution in [-0.2, 0) is 17.8 Å². The third-order valence-corrected chi connectivity index (χ3v) is 5.61. The van der Waals surface area contributed by atoms with Gasteiger partial charge in [0, 0.05) is 36.8 Å². The van der Waals surface area contributed by atoms with E-state index in [0.29, 0.717) is 12.3 Å². The van der Waals surface area contributed by atoms with E-state index in [-0.39, 0.29) is 30.7 Å². The van der Waals surface area contributed by atoms with Gasteiger partial charge in [0.05, 0.1) is 5.69 Å². The van der Waals surface area contributed by atoms with E-state index in [0.717, 1.165) is 49.4 Å². The molecule has 2 aliphatic rings. The highest BCUT2D eigenvalue weighted by Crippen LogP contribution is 2.24. The fourth-order valence-electron chi connectivity index (χ4n) is 4.01. The predicted octanol–water partition coefficient (Wildman–Crippen LogP) is 4.45. The molecule has 0 aliphatic carbocycles. The molecule has 7 heteroatoms. The molecular weight excluding hydrogens is 395 g/mol. The van der Waals surface area contributed by atoms with Crippen LogP contribution in [0.1, 0.15) is 44.3 Å². The number of nitrogens with zero attached hydrogens (tertiary/aromatic N) is 2. The molecule has 0 spiro atoms. The summed E-state index contributed by atoms with van der Waals surface area (Å²) < 4.78 is 2.27. The van der Waals surface area contributed by atoms with Crippen molar-refractivity contribution in [2.45, 2.75) is 51.5 Å². The number of aryl methyl sites for hydroxylation is 2. The van der Waals surface area contributed by atoms with Gasteiger partial charge in [-0.3, -0.25) is 4.79 Å². The SMILES string of the molecule is Cl.Cl.O=C(CCC1CCNCC1)Nc1ccc(-c2cn3c(n2)CCCC3)cc1. The fourth-order valence-corrected chi connectivity index (χ4v) is 4.01. The van der Waals surface area contributed by atoms with Gasteiger partial charge < -0.3 is 15.2 Å². The van der Waals surface area contributed by atoms with Gasteiger partial charge in [0.15, 0.2) is 0 Å².